The summed E-state index contributed by atoms with van der Waals surface area (Å²) in [4.78, 5) is 20.2. The molecule has 0 aliphatic rings. The van der Waals surface area contributed by atoms with Crippen molar-refractivity contribution in [3.8, 4) is 0 Å². The molecule has 0 fully saturated rings. The molecule has 0 aliphatic carbocycles. The van der Waals surface area contributed by atoms with E-state index in [0.717, 1.165) is 6.42 Å². The first-order chi connectivity index (χ1) is 11.0. The van der Waals surface area contributed by atoms with Crippen LogP contribution in [0.3, 0.4) is 0 Å². The smallest absolute Gasteiger partial charge is 0.270 e. The molecule has 0 saturated heterocycles. The van der Waals surface area contributed by atoms with E-state index < -0.39 is 0 Å². The first-order valence-electron chi connectivity index (χ1n) is 7.28. The average Bonchev–Trinajstić information content (AvgIpc) is 2.52. The van der Waals surface area contributed by atoms with Crippen LogP contribution in [0, 0.1) is 5.92 Å². The highest BCUT2D eigenvalue weighted by molar-refractivity contribution is 6.43. The standard InChI is InChI=1S/C16H18Cl2N4O/c1-10(2)6-7-19-16(23)13-8-14(21-9-20-13)22-12-5-3-4-11(17)15(12)18/h3-5,8-10H,6-7H2,1-2H3,(H,19,23)(H,20,21,22). The molecule has 1 aromatic carbocycles. The second-order valence-electron chi connectivity index (χ2n) is 5.45. The van der Waals surface area contributed by atoms with Crippen molar-refractivity contribution in [2.24, 2.45) is 5.92 Å². The third-order valence-corrected chi connectivity index (χ3v) is 3.94. The van der Waals surface area contributed by atoms with Crippen LogP contribution in [-0.4, -0.2) is 22.4 Å². The Bertz CT molecular complexity index is 692. The van der Waals surface area contributed by atoms with Gasteiger partial charge in [-0.15, -0.1) is 0 Å². The fourth-order valence-corrected chi connectivity index (χ4v) is 2.20. The van der Waals surface area contributed by atoms with Gasteiger partial charge in [0.15, 0.2) is 0 Å². The SMILES string of the molecule is CC(C)CCNC(=O)c1cc(Nc2cccc(Cl)c2Cl)ncn1. The topological polar surface area (TPSA) is 66.9 Å². The third-order valence-electron chi connectivity index (χ3n) is 3.12. The molecule has 0 radical (unpaired) electrons. The molecule has 0 bridgehead atoms. The Morgan fingerprint density at radius 3 is 2.78 bits per heavy atom. The molecule has 122 valence electrons. The van der Waals surface area contributed by atoms with Gasteiger partial charge in [-0.3, -0.25) is 4.79 Å². The minimum Gasteiger partial charge on any atom is -0.351 e. The molecule has 1 heterocycles. The molecule has 2 N–H and O–H groups in total. The Labute approximate surface area is 145 Å². The Morgan fingerprint density at radius 1 is 1.26 bits per heavy atom. The summed E-state index contributed by atoms with van der Waals surface area (Å²) in [5.74, 6) is 0.773. The zero-order valence-electron chi connectivity index (χ0n) is 12.9. The van der Waals surface area contributed by atoms with Crippen LogP contribution in [0.1, 0.15) is 30.8 Å². The van der Waals surface area contributed by atoms with E-state index in [2.05, 4.69) is 34.4 Å². The average molecular weight is 353 g/mol. The van der Waals surface area contributed by atoms with Crippen LogP contribution in [0.25, 0.3) is 0 Å². The van der Waals surface area contributed by atoms with E-state index in [4.69, 9.17) is 23.2 Å². The lowest BCUT2D eigenvalue weighted by atomic mass is 10.1. The van der Waals surface area contributed by atoms with Crippen molar-refractivity contribution in [1.29, 1.82) is 0 Å². The minimum atomic E-state index is -0.228. The molecule has 0 spiro atoms. The number of hydrogen-bond donors (Lipinski definition) is 2. The fraction of sp³-hybridized carbons (Fsp3) is 0.312. The maximum Gasteiger partial charge on any atom is 0.270 e. The maximum atomic E-state index is 12.1. The van der Waals surface area contributed by atoms with Crippen molar-refractivity contribution in [3.05, 3.63) is 46.3 Å². The van der Waals surface area contributed by atoms with Crippen molar-refractivity contribution in [2.45, 2.75) is 20.3 Å². The number of carbonyl (C=O) groups excluding carboxylic acids is 1. The number of amides is 1. The van der Waals surface area contributed by atoms with Crippen LogP contribution < -0.4 is 10.6 Å². The quantitative estimate of drug-likeness (QED) is 0.812. The maximum absolute atomic E-state index is 12.1. The van der Waals surface area contributed by atoms with Crippen molar-refractivity contribution >= 4 is 40.6 Å². The lowest BCUT2D eigenvalue weighted by Crippen LogP contribution is -2.26. The summed E-state index contributed by atoms with van der Waals surface area (Å²) in [6.45, 7) is 4.82. The van der Waals surface area contributed by atoms with E-state index in [-0.39, 0.29) is 5.91 Å². The number of nitrogens with zero attached hydrogens (tertiary/aromatic N) is 2. The Hall–Kier alpha value is -1.85. The van der Waals surface area contributed by atoms with E-state index >= 15 is 0 Å². The second-order valence-corrected chi connectivity index (χ2v) is 6.24. The molecule has 2 aromatic rings. The first-order valence-corrected chi connectivity index (χ1v) is 8.04. The number of hydrogen-bond acceptors (Lipinski definition) is 4. The van der Waals surface area contributed by atoms with Crippen molar-refractivity contribution in [2.75, 3.05) is 11.9 Å². The van der Waals surface area contributed by atoms with Gasteiger partial charge in [0, 0.05) is 12.6 Å². The summed E-state index contributed by atoms with van der Waals surface area (Å²) < 4.78 is 0. The zero-order valence-corrected chi connectivity index (χ0v) is 14.4. The largest absolute Gasteiger partial charge is 0.351 e. The van der Waals surface area contributed by atoms with Gasteiger partial charge in [-0.05, 0) is 24.5 Å². The highest BCUT2D eigenvalue weighted by atomic mass is 35.5. The molecular weight excluding hydrogens is 335 g/mol. The first kappa shape index (κ1) is 17.5. The van der Waals surface area contributed by atoms with Gasteiger partial charge in [0.05, 0.1) is 15.7 Å². The molecular formula is C16H18Cl2N4O. The van der Waals surface area contributed by atoms with Gasteiger partial charge >= 0.3 is 0 Å². The number of rotatable bonds is 6. The van der Waals surface area contributed by atoms with Crippen molar-refractivity contribution in [3.63, 3.8) is 0 Å². The lowest BCUT2D eigenvalue weighted by molar-refractivity contribution is 0.0947. The molecule has 0 saturated carbocycles. The Balaban J connectivity index is 2.07. The van der Waals surface area contributed by atoms with Gasteiger partial charge in [-0.1, -0.05) is 43.1 Å². The molecule has 2 rings (SSSR count). The van der Waals surface area contributed by atoms with Crippen LogP contribution in [0.2, 0.25) is 10.0 Å². The van der Waals surface area contributed by atoms with Crippen LogP contribution in [0.15, 0.2) is 30.6 Å². The number of carbonyl (C=O) groups is 1. The van der Waals surface area contributed by atoms with Gasteiger partial charge in [0.1, 0.15) is 17.8 Å². The van der Waals surface area contributed by atoms with E-state index in [1.54, 1.807) is 24.3 Å². The molecule has 7 heteroatoms. The summed E-state index contributed by atoms with van der Waals surface area (Å²) in [5.41, 5.74) is 0.911. The molecule has 1 aromatic heterocycles. The predicted molar refractivity (Wildman–Crippen MR) is 93.6 cm³/mol. The van der Waals surface area contributed by atoms with E-state index in [1.165, 1.54) is 6.33 Å². The molecule has 5 nitrogen and oxygen atoms in total. The van der Waals surface area contributed by atoms with Crippen LogP contribution in [-0.2, 0) is 0 Å². The fourth-order valence-electron chi connectivity index (χ4n) is 1.85. The second kappa shape index (κ2) is 8.13. The summed E-state index contributed by atoms with van der Waals surface area (Å²) in [5, 5.41) is 6.71. The monoisotopic (exact) mass is 352 g/mol. The summed E-state index contributed by atoms with van der Waals surface area (Å²) >= 11 is 12.1. The number of halogens is 2. The summed E-state index contributed by atoms with van der Waals surface area (Å²) in [6.07, 6.45) is 2.25. The highest BCUT2D eigenvalue weighted by Gasteiger charge is 2.10. The van der Waals surface area contributed by atoms with Crippen LogP contribution in [0.4, 0.5) is 11.5 Å². The minimum absolute atomic E-state index is 0.228. The van der Waals surface area contributed by atoms with Crippen LogP contribution >= 0.6 is 23.2 Å². The number of nitrogens with one attached hydrogen (secondary N) is 2. The Kier molecular flexibility index (Phi) is 6.19. The molecule has 0 atom stereocenters. The Morgan fingerprint density at radius 2 is 2.04 bits per heavy atom. The molecule has 0 aliphatic heterocycles. The molecule has 23 heavy (non-hydrogen) atoms. The van der Waals surface area contributed by atoms with Crippen molar-refractivity contribution in [1.82, 2.24) is 15.3 Å². The van der Waals surface area contributed by atoms with Gasteiger partial charge in [-0.25, -0.2) is 9.97 Å². The summed E-state index contributed by atoms with van der Waals surface area (Å²) in [7, 11) is 0. The van der Waals surface area contributed by atoms with E-state index in [9.17, 15) is 4.79 Å². The molecule has 1 amide bonds. The molecule has 0 unspecified atom stereocenters. The highest BCUT2D eigenvalue weighted by Crippen LogP contribution is 2.31. The zero-order chi connectivity index (χ0) is 16.8. The van der Waals surface area contributed by atoms with Gasteiger partial charge in [-0.2, -0.15) is 0 Å². The third kappa shape index (κ3) is 5.08. The van der Waals surface area contributed by atoms with Gasteiger partial charge in [0.2, 0.25) is 0 Å². The van der Waals surface area contributed by atoms with Gasteiger partial charge < -0.3 is 10.6 Å². The van der Waals surface area contributed by atoms with E-state index in [1.807, 2.05) is 0 Å². The van der Waals surface area contributed by atoms with Crippen molar-refractivity contribution < 1.29 is 4.79 Å². The van der Waals surface area contributed by atoms with Gasteiger partial charge in [0.25, 0.3) is 5.91 Å². The summed E-state index contributed by atoms with van der Waals surface area (Å²) in [6, 6.07) is 6.82. The lowest BCUT2D eigenvalue weighted by Gasteiger charge is -2.10. The number of anilines is 2. The van der Waals surface area contributed by atoms with Crippen LogP contribution in [0.5, 0.6) is 0 Å². The van der Waals surface area contributed by atoms with E-state index in [0.29, 0.717) is 39.7 Å². The normalized spacial score (nSPS) is 10.7. The number of benzene rings is 1. The predicted octanol–water partition coefficient (Wildman–Crippen LogP) is 4.30. The number of aromatic nitrogens is 2.